The van der Waals surface area contributed by atoms with Crippen molar-refractivity contribution in [3.63, 3.8) is 0 Å². The number of rotatable bonds is 5. The second-order valence-corrected chi connectivity index (χ2v) is 6.85. The first kappa shape index (κ1) is 17.0. The lowest BCUT2D eigenvalue weighted by molar-refractivity contribution is -0.145. The van der Waals surface area contributed by atoms with Crippen molar-refractivity contribution in [1.29, 1.82) is 0 Å². The van der Waals surface area contributed by atoms with Gasteiger partial charge in [-0.15, -0.1) is 0 Å². The van der Waals surface area contributed by atoms with Crippen LogP contribution in [0.2, 0.25) is 0 Å². The maximum absolute atomic E-state index is 12.4. The number of nitrogens with zero attached hydrogens (tertiary/aromatic N) is 1. The van der Waals surface area contributed by atoms with Crippen molar-refractivity contribution >= 4 is 11.9 Å². The van der Waals surface area contributed by atoms with E-state index in [2.05, 4.69) is 17.4 Å². The van der Waals surface area contributed by atoms with E-state index < -0.39 is 12.0 Å². The Bertz CT molecular complexity index is 602. The van der Waals surface area contributed by atoms with E-state index in [1.165, 1.54) is 11.1 Å². The summed E-state index contributed by atoms with van der Waals surface area (Å²) in [5.74, 6) is -0.747. The number of hydrogen-bond donors (Lipinski definition) is 2. The average Bonchev–Trinajstić information content (AvgIpc) is 2.60. The largest absolute Gasteiger partial charge is 0.480 e. The van der Waals surface area contributed by atoms with Crippen molar-refractivity contribution in [2.45, 2.75) is 57.0 Å². The highest BCUT2D eigenvalue weighted by molar-refractivity contribution is 5.77. The predicted octanol–water partition coefficient (Wildman–Crippen LogP) is 2.51. The fraction of sp³-hybridized carbons (Fsp3) is 0.579. The molecule has 1 aliphatic heterocycles. The summed E-state index contributed by atoms with van der Waals surface area (Å²) >= 11 is 0. The van der Waals surface area contributed by atoms with Gasteiger partial charge in [-0.25, -0.2) is 0 Å². The molecule has 1 aromatic rings. The third-order valence-electron chi connectivity index (χ3n) is 5.23. The number of hydrogen-bond acceptors (Lipinski definition) is 3. The number of likely N-dealkylation sites (tertiary alicyclic amines) is 1. The summed E-state index contributed by atoms with van der Waals surface area (Å²) in [6.07, 6.45) is 6.17. The molecule has 1 heterocycles. The molecule has 2 aliphatic rings. The zero-order chi connectivity index (χ0) is 16.9. The highest BCUT2D eigenvalue weighted by atomic mass is 16.4. The normalized spacial score (nSPS) is 24.2. The molecule has 1 aliphatic carbocycles. The van der Waals surface area contributed by atoms with Gasteiger partial charge in [0.2, 0.25) is 5.91 Å². The van der Waals surface area contributed by atoms with Crippen molar-refractivity contribution in [2.24, 2.45) is 0 Å². The van der Waals surface area contributed by atoms with Crippen LogP contribution >= 0.6 is 0 Å². The first-order chi connectivity index (χ1) is 11.6. The third-order valence-corrected chi connectivity index (χ3v) is 5.23. The number of carboxylic acids is 1. The zero-order valence-electron chi connectivity index (χ0n) is 14.0. The average molecular weight is 330 g/mol. The van der Waals surface area contributed by atoms with Crippen LogP contribution < -0.4 is 5.32 Å². The molecule has 2 N–H and O–H groups in total. The van der Waals surface area contributed by atoms with Crippen LogP contribution in [-0.2, 0) is 16.0 Å². The van der Waals surface area contributed by atoms with Crippen molar-refractivity contribution in [3.05, 3.63) is 35.4 Å². The molecule has 1 amide bonds. The first-order valence-electron chi connectivity index (χ1n) is 8.99. The fourth-order valence-corrected chi connectivity index (χ4v) is 3.95. The lowest BCUT2D eigenvalue weighted by atomic mass is 9.87. The van der Waals surface area contributed by atoms with Gasteiger partial charge < -0.3 is 10.4 Å². The van der Waals surface area contributed by atoms with E-state index in [4.69, 9.17) is 0 Å². The molecule has 1 fully saturated rings. The van der Waals surface area contributed by atoms with Crippen LogP contribution in [0.3, 0.4) is 0 Å². The van der Waals surface area contributed by atoms with Gasteiger partial charge in [0.15, 0.2) is 0 Å². The molecule has 1 saturated heterocycles. The Morgan fingerprint density at radius 1 is 1.17 bits per heavy atom. The quantitative estimate of drug-likeness (QED) is 0.870. The van der Waals surface area contributed by atoms with E-state index >= 15 is 0 Å². The lowest BCUT2D eigenvalue weighted by Crippen LogP contribution is -2.46. The van der Waals surface area contributed by atoms with Gasteiger partial charge in [0.25, 0.3) is 0 Å². The Morgan fingerprint density at radius 2 is 2.00 bits per heavy atom. The predicted molar refractivity (Wildman–Crippen MR) is 91.7 cm³/mol. The van der Waals surface area contributed by atoms with Crippen LogP contribution in [0.25, 0.3) is 0 Å². The second-order valence-electron chi connectivity index (χ2n) is 6.85. The highest BCUT2D eigenvalue weighted by Gasteiger charge is 2.28. The maximum Gasteiger partial charge on any atom is 0.320 e. The zero-order valence-corrected chi connectivity index (χ0v) is 14.0. The van der Waals surface area contributed by atoms with Crippen molar-refractivity contribution in [2.75, 3.05) is 13.1 Å². The summed E-state index contributed by atoms with van der Waals surface area (Å²) in [5.41, 5.74) is 2.56. The maximum atomic E-state index is 12.4. The second kappa shape index (κ2) is 7.79. The number of aryl methyl sites for hydroxylation is 1. The molecule has 3 rings (SSSR count). The number of piperidine rings is 1. The minimum atomic E-state index is -0.767. The third kappa shape index (κ3) is 3.96. The van der Waals surface area contributed by atoms with Crippen LogP contribution in [0.5, 0.6) is 0 Å². The van der Waals surface area contributed by atoms with Gasteiger partial charge in [-0.1, -0.05) is 30.7 Å². The van der Waals surface area contributed by atoms with Gasteiger partial charge >= 0.3 is 5.97 Å². The number of carbonyl (C=O) groups is 2. The molecule has 0 radical (unpaired) electrons. The number of amides is 1. The molecule has 0 aromatic heterocycles. The molecule has 130 valence electrons. The molecule has 0 spiro atoms. The summed E-state index contributed by atoms with van der Waals surface area (Å²) in [4.78, 5) is 25.6. The van der Waals surface area contributed by atoms with Crippen LogP contribution in [0.15, 0.2) is 24.3 Å². The van der Waals surface area contributed by atoms with Gasteiger partial charge in [0.05, 0.1) is 6.04 Å². The van der Waals surface area contributed by atoms with Gasteiger partial charge in [0.1, 0.15) is 6.04 Å². The summed E-state index contributed by atoms with van der Waals surface area (Å²) in [7, 11) is 0. The van der Waals surface area contributed by atoms with Gasteiger partial charge in [-0.2, -0.15) is 0 Å². The Kier molecular flexibility index (Phi) is 5.51. The van der Waals surface area contributed by atoms with E-state index in [1.54, 1.807) is 0 Å². The summed E-state index contributed by atoms with van der Waals surface area (Å²) in [6.45, 7) is 1.30. The number of carboxylic acid groups (broad SMARTS) is 1. The Balaban J connectivity index is 1.54. The standard InChI is InChI=1S/C19H26N2O3/c22-18(11-13-21-12-4-3-10-17(21)19(23)24)20-16-9-5-7-14-6-1-2-8-15(14)16/h1-2,6,8,16-17H,3-5,7,9-13H2,(H,20,22)(H,23,24). The van der Waals surface area contributed by atoms with Crippen molar-refractivity contribution < 1.29 is 14.7 Å². The summed E-state index contributed by atoms with van der Waals surface area (Å²) < 4.78 is 0. The highest BCUT2D eigenvalue weighted by Crippen LogP contribution is 2.29. The van der Waals surface area contributed by atoms with E-state index in [0.717, 1.165) is 38.6 Å². The van der Waals surface area contributed by atoms with Crippen molar-refractivity contribution in [1.82, 2.24) is 10.2 Å². The number of benzene rings is 1. The molecular formula is C19H26N2O3. The molecule has 5 nitrogen and oxygen atoms in total. The minimum Gasteiger partial charge on any atom is -0.480 e. The fourth-order valence-electron chi connectivity index (χ4n) is 3.95. The topological polar surface area (TPSA) is 69.6 Å². The molecule has 5 heteroatoms. The van der Waals surface area contributed by atoms with Gasteiger partial charge in [-0.3, -0.25) is 14.5 Å². The molecule has 1 aromatic carbocycles. The number of carbonyl (C=O) groups excluding carboxylic acids is 1. The van der Waals surface area contributed by atoms with Gasteiger partial charge in [0, 0.05) is 13.0 Å². The minimum absolute atomic E-state index is 0.0198. The smallest absolute Gasteiger partial charge is 0.320 e. The SMILES string of the molecule is O=C(CCN1CCCCC1C(=O)O)NC1CCCc2ccccc21. The Labute approximate surface area is 143 Å². The molecule has 24 heavy (non-hydrogen) atoms. The van der Waals surface area contributed by atoms with Crippen LogP contribution in [-0.4, -0.2) is 41.0 Å². The Hall–Kier alpha value is -1.88. The van der Waals surface area contributed by atoms with Crippen LogP contribution in [0.4, 0.5) is 0 Å². The molecular weight excluding hydrogens is 304 g/mol. The van der Waals surface area contributed by atoms with Crippen LogP contribution in [0, 0.1) is 0 Å². The van der Waals surface area contributed by atoms with Gasteiger partial charge in [-0.05, 0) is 49.8 Å². The molecule has 0 saturated carbocycles. The first-order valence-corrected chi connectivity index (χ1v) is 8.99. The molecule has 2 unspecified atom stereocenters. The molecule has 2 atom stereocenters. The van der Waals surface area contributed by atoms with Crippen molar-refractivity contribution in [3.8, 4) is 0 Å². The van der Waals surface area contributed by atoms with Crippen LogP contribution in [0.1, 0.15) is 55.7 Å². The Morgan fingerprint density at radius 3 is 2.83 bits per heavy atom. The number of fused-ring (bicyclic) bond motifs is 1. The van der Waals surface area contributed by atoms with E-state index in [1.807, 2.05) is 17.0 Å². The summed E-state index contributed by atoms with van der Waals surface area (Å²) in [5, 5.41) is 12.4. The number of nitrogens with one attached hydrogen (secondary N) is 1. The number of aliphatic carboxylic acids is 1. The monoisotopic (exact) mass is 330 g/mol. The van der Waals surface area contributed by atoms with E-state index in [-0.39, 0.29) is 11.9 Å². The lowest BCUT2D eigenvalue weighted by Gasteiger charge is -2.33. The van der Waals surface area contributed by atoms with E-state index in [0.29, 0.717) is 19.4 Å². The molecule has 0 bridgehead atoms. The summed E-state index contributed by atoms with van der Waals surface area (Å²) in [6, 6.07) is 7.98. The van der Waals surface area contributed by atoms with E-state index in [9.17, 15) is 14.7 Å².